The third-order valence-electron chi connectivity index (χ3n) is 7.66. The van der Waals surface area contributed by atoms with E-state index >= 15 is 0 Å². The van der Waals surface area contributed by atoms with Crippen LogP contribution >= 0.6 is 0 Å². The van der Waals surface area contributed by atoms with Crippen molar-refractivity contribution in [1.29, 1.82) is 0 Å². The second-order valence-electron chi connectivity index (χ2n) is 9.64. The minimum absolute atomic E-state index is 0.344. The number of pyridine rings is 1. The standard InChI is InChI=1S/C26H32N2O2/c1-18-14-20(15-19-4-6-22(30-2)7-5-19)16-24(27-18)21-8-12-28(13-9-21)25(29)23-17-26(23)10-3-11-26/h4-7,14,16,21,23H,3,8-13,15,17H2,1-2H3/t23-/m0/s1. The number of carbonyl (C=O) groups excluding carboxylic acids is 1. The number of piperidine rings is 1. The highest BCUT2D eigenvalue weighted by Gasteiger charge is 2.61. The molecule has 4 nitrogen and oxygen atoms in total. The molecular formula is C26H32N2O2. The first kappa shape index (κ1) is 19.6. The molecule has 2 heterocycles. The number of ether oxygens (including phenoxy) is 1. The van der Waals surface area contributed by atoms with E-state index in [0.717, 1.165) is 50.2 Å². The summed E-state index contributed by atoms with van der Waals surface area (Å²) in [5, 5.41) is 0. The summed E-state index contributed by atoms with van der Waals surface area (Å²) in [4.78, 5) is 19.9. The molecule has 0 radical (unpaired) electrons. The molecule has 30 heavy (non-hydrogen) atoms. The van der Waals surface area contributed by atoms with Crippen molar-refractivity contribution >= 4 is 5.91 Å². The largest absolute Gasteiger partial charge is 0.497 e. The summed E-state index contributed by atoms with van der Waals surface area (Å²) in [5.41, 5.74) is 5.31. The molecule has 1 aliphatic heterocycles. The maximum Gasteiger partial charge on any atom is 0.226 e. The van der Waals surface area contributed by atoms with Gasteiger partial charge in [0.25, 0.3) is 0 Å². The second-order valence-corrected chi connectivity index (χ2v) is 9.64. The van der Waals surface area contributed by atoms with Gasteiger partial charge < -0.3 is 9.64 Å². The minimum Gasteiger partial charge on any atom is -0.497 e. The summed E-state index contributed by atoms with van der Waals surface area (Å²) in [7, 11) is 1.70. The molecule has 158 valence electrons. The van der Waals surface area contributed by atoms with Crippen LogP contribution < -0.4 is 4.74 Å². The predicted molar refractivity (Wildman–Crippen MR) is 118 cm³/mol. The monoisotopic (exact) mass is 404 g/mol. The van der Waals surface area contributed by atoms with Gasteiger partial charge in [0, 0.05) is 36.3 Å². The molecule has 5 rings (SSSR count). The zero-order chi connectivity index (χ0) is 20.7. The fourth-order valence-corrected chi connectivity index (χ4v) is 5.55. The van der Waals surface area contributed by atoms with E-state index < -0.39 is 0 Å². The first-order valence-corrected chi connectivity index (χ1v) is 11.5. The highest BCUT2D eigenvalue weighted by molar-refractivity contribution is 5.83. The van der Waals surface area contributed by atoms with E-state index in [1.165, 1.54) is 36.1 Å². The Morgan fingerprint density at radius 2 is 1.87 bits per heavy atom. The number of carbonyl (C=O) groups is 1. The van der Waals surface area contributed by atoms with Crippen molar-refractivity contribution in [2.24, 2.45) is 11.3 Å². The van der Waals surface area contributed by atoms with Gasteiger partial charge in [-0.3, -0.25) is 9.78 Å². The zero-order valence-corrected chi connectivity index (χ0v) is 18.2. The van der Waals surface area contributed by atoms with Crippen molar-refractivity contribution < 1.29 is 9.53 Å². The Morgan fingerprint density at radius 3 is 2.47 bits per heavy atom. The Bertz CT molecular complexity index is 925. The van der Waals surface area contributed by atoms with Gasteiger partial charge in [0.15, 0.2) is 0 Å². The molecule has 1 aromatic carbocycles. The molecule has 2 saturated carbocycles. The Balaban J connectivity index is 1.22. The van der Waals surface area contributed by atoms with Crippen LogP contribution in [0.15, 0.2) is 36.4 Å². The number of hydrogen-bond donors (Lipinski definition) is 0. The molecule has 1 aromatic heterocycles. The number of rotatable bonds is 5. The molecule has 4 heteroatoms. The quantitative estimate of drug-likeness (QED) is 0.713. The zero-order valence-electron chi connectivity index (χ0n) is 18.2. The Hall–Kier alpha value is -2.36. The highest BCUT2D eigenvalue weighted by atomic mass is 16.5. The molecule has 3 aliphatic rings. The van der Waals surface area contributed by atoms with Gasteiger partial charge in [-0.05, 0) is 86.3 Å². The van der Waals surface area contributed by atoms with Crippen LogP contribution in [0.1, 0.15) is 67.0 Å². The predicted octanol–water partition coefficient (Wildman–Crippen LogP) is 4.89. The van der Waals surface area contributed by atoms with E-state index in [0.29, 0.717) is 23.2 Å². The van der Waals surface area contributed by atoms with E-state index in [9.17, 15) is 4.79 Å². The van der Waals surface area contributed by atoms with Crippen LogP contribution in [0, 0.1) is 18.3 Å². The topological polar surface area (TPSA) is 42.4 Å². The summed E-state index contributed by atoms with van der Waals surface area (Å²) in [6.45, 7) is 3.86. The summed E-state index contributed by atoms with van der Waals surface area (Å²) in [6.07, 6.45) is 8.01. The number of likely N-dealkylation sites (tertiary alicyclic amines) is 1. The second kappa shape index (κ2) is 7.72. The number of aromatic nitrogens is 1. The molecule has 2 aromatic rings. The third kappa shape index (κ3) is 3.73. The number of nitrogens with zero attached hydrogens (tertiary/aromatic N) is 2. The lowest BCUT2D eigenvalue weighted by atomic mass is 9.79. The number of amides is 1. The van der Waals surface area contributed by atoms with Crippen LogP contribution in [0.4, 0.5) is 0 Å². The molecule has 0 bridgehead atoms. The maximum atomic E-state index is 12.9. The van der Waals surface area contributed by atoms with Crippen LogP contribution in [0.3, 0.4) is 0 Å². The lowest BCUT2D eigenvalue weighted by Gasteiger charge is -2.34. The lowest BCUT2D eigenvalue weighted by molar-refractivity contribution is -0.135. The van der Waals surface area contributed by atoms with Gasteiger partial charge in [-0.2, -0.15) is 0 Å². The van der Waals surface area contributed by atoms with Gasteiger partial charge in [-0.15, -0.1) is 0 Å². The number of aryl methyl sites for hydroxylation is 1. The van der Waals surface area contributed by atoms with Gasteiger partial charge in [-0.1, -0.05) is 18.6 Å². The van der Waals surface area contributed by atoms with E-state index in [2.05, 4.69) is 36.1 Å². The van der Waals surface area contributed by atoms with Crippen LogP contribution in [-0.2, 0) is 11.2 Å². The molecule has 0 unspecified atom stereocenters. The van der Waals surface area contributed by atoms with E-state index in [4.69, 9.17) is 9.72 Å². The molecule has 3 fully saturated rings. The SMILES string of the molecule is COc1ccc(Cc2cc(C)nc(C3CCN(C(=O)[C@@H]4CC45CCC5)CC3)c2)cc1. The van der Waals surface area contributed by atoms with Crippen LogP contribution in [0.2, 0.25) is 0 Å². The number of methoxy groups -OCH3 is 1. The fourth-order valence-electron chi connectivity index (χ4n) is 5.55. The van der Waals surface area contributed by atoms with Crippen molar-refractivity contribution in [3.8, 4) is 5.75 Å². The average Bonchev–Trinajstić information content (AvgIpc) is 3.50. The van der Waals surface area contributed by atoms with Crippen LogP contribution in [0.5, 0.6) is 5.75 Å². The summed E-state index contributed by atoms with van der Waals surface area (Å²) >= 11 is 0. The average molecular weight is 405 g/mol. The summed E-state index contributed by atoms with van der Waals surface area (Å²) in [6, 6.07) is 12.8. The van der Waals surface area contributed by atoms with Gasteiger partial charge >= 0.3 is 0 Å². The van der Waals surface area contributed by atoms with Crippen molar-refractivity contribution in [2.45, 2.75) is 57.8 Å². The number of hydrogen-bond acceptors (Lipinski definition) is 3. The highest BCUT2D eigenvalue weighted by Crippen LogP contribution is 2.66. The lowest BCUT2D eigenvalue weighted by Crippen LogP contribution is -2.40. The Morgan fingerprint density at radius 1 is 1.13 bits per heavy atom. The maximum absolute atomic E-state index is 12.9. The summed E-state index contributed by atoms with van der Waals surface area (Å²) < 4.78 is 5.26. The Labute approximate surface area is 179 Å². The van der Waals surface area contributed by atoms with E-state index in [1.807, 2.05) is 12.1 Å². The fraction of sp³-hybridized carbons (Fsp3) is 0.538. The number of benzene rings is 1. The molecular weight excluding hydrogens is 372 g/mol. The van der Waals surface area contributed by atoms with Crippen molar-refractivity contribution in [3.63, 3.8) is 0 Å². The molecule has 1 atom stereocenters. The van der Waals surface area contributed by atoms with Gasteiger partial charge in [-0.25, -0.2) is 0 Å². The molecule has 1 spiro atoms. The van der Waals surface area contributed by atoms with Crippen LogP contribution in [-0.4, -0.2) is 36.0 Å². The molecule has 1 amide bonds. The van der Waals surface area contributed by atoms with Gasteiger partial charge in [0.1, 0.15) is 5.75 Å². The van der Waals surface area contributed by atoms with Crippen molar-refractivity contribution in [2.75, 3.05) is 20.2 Å². The molecule has 2 aliphatic carbocycles. The van der Waals surface area contributed by atoms with Gasteiger partial charge in [0.2, 0.25) is 5.91 Å². The smallest absolute Gasteiger partial charge is 0.226 e. The van der Waals surface area contributed by atoms with E-state index in [-0.39, 0.29) is 0 Å². The minimum atomic E-state index is 0.344. The molecule has 1 saturated heterocycles. The normalized spacial score (nSPS) is 22.6. The third-order valence-corrected chi connectivity index (χ3v) is 7.66. The molecule has 0 N–H and O–H groups in total. The van der Waals surface area contributed by atoms with Gasteiger partial charge in [0.05, 0.1) is 7.11 Å². The summed E-state index contributed by atoms with van der Waals surface area (Å²) in [5.74, 6) is 2.13. The van der Waals surface area contributed by atoms with E-state index in [1.54, 1.807) is 7.11 Å². The van der Waals surface area contributed by atoms with Crippen LogP contribution in [0.25, 0.3) is 0 Å². The van der Waals surface area contributed by atoms with Crippen molar-refractivity contribution in [3.05, 3.63) is 58.9 Å². The van der Waals surface area contributed by atoms with Crippen molar-refractivity contribution in [1.82, 2.24) is 9.88 Å². The Kier molecular flexibility index (Phi) is 5.04. The first-order valence-electron chi connectivity index (χ1n) is 11.5. The first-order chi connectivity index (χ1) is 14.6.